The summed E-state index contributed by atoms with van der Waals surface area (Å²) in [6.07, 6.45) is 2.04. The van der Waals surface area contributed by atoms with Crippen LogP contribution in [0, 0.1) is 11.7 Å². The zero-order chi connectivity index (χ0) is 16.4. The SMILES string of the molecule is Cc1ccc(-c2n[nH]c(=S)n2CC(=O)N[C@H]2CCC[C@H]2O)cc1. The van der Waals surface area contributed by atoms with Crippen LogP contribution < -0.4 is 5.32 Å². The summed E-state index contributed by atoms with van der Waals surface area (Å²) in [7, 11) is 0. The van der Waals surface area contributed by atoms with Crippen LogP contribution in [0.3, 0.4) is 0 Å². The highest BCUT2D eigenvalue weighted by molar-refractivity contribution is 7.71. The Morgan fingerprint density at radius 2 is 2.17 bits per heavy atom. The fourth-order valence-electron chi connectivity index (χ4n) is 2.89. The van der Waals surface area contributed by atoms with Crippen molar-refractivity contribution in [3.63, 3.8) is 0 Å². The second-order valence-electron chi connectivity index (χ2n) is 5.98. The van der Waals surface area contributed by atoms with Crippen LogP contribution in [-0.2, 0) is 11.3 Å². The fraction of sp³-hybridized carbons (Fsp3) is 0.438. The Hall–Kier alpha value is -1.99. The standard InChI is InChI=1S/C16H20N4O2S/c1-10-5-7-11(8-6-10)15-18-19-16(23)20(15)9-14(22)17-12-3-2-4-13(12)21/h5-8,12-13,21H,2-4,9H2,1H3,(H,17,22)(H,19,23)/t12-,13+/m0/s1. The smallest absolute Gasteiger partial charge is 0.240 e. The monoisotopic (exact) mass is 332 g/mol. The molecule has 1 aliphatic rings. The van der Waals surface area contributed by atoms with Gasteiger partial charge in [0.25, 0.3) is 0 Å². The predicted molar refractivity (Wildman–Crippen MR) is 89.4 cm³/mol. The summed E-state index contributed by atoms with van der Waals surface area (Å²) in [4.78, 5) is 12.3. The van der Waals surface area contributed by atoms with Crippen molar-refractivity contribution in [2.24, 2.45) is 0 Å². The molecule has 0 spiro atoms. The third kappa shape index (κ3) is 3.51. The molecule has 1 aromatic heterocycles. The van der Waals surface area contributed by atoms with Gasteiger partial charge in [-0.2, -0.15) is 5.10 Å². The predicted octanol–water partition coefficient (Wildman–Crippen LogP) is 1.95. The fourth-order valence-corrected chi connectivity index (χ4v) is 3.09. The summed E-state index contributed by atoms with van der Waals surface area (Å²) in [6, 6.07) is 7.73. The highest BCUT2D eigenvalue weighted by atomic mass is 32.1. The molecule has 0 aliphatic heterocycles. The van der Waals surface area contributed by atoms with Crippen molar-refractivity contribution in [1.82, 2.24) is 20.1 Å². The highest BCUT2D eigenvalue weighted by Gasteiger charge is 2.26. The molecule has 7 heteroatoms. The summed E-state index contributed by atoms with van der Waals surface area (Å²) >= 11 is 5.24. The molecule has 1 fully saturated rings. The van der Waals surface area contributed by atoms with Gasteiger partial charge in [0.2, 0.25) is 5.91 Å². The summed E-state index contributed by atoms with van der Waals surface area (Å²) in [5.74, 6) is 0.471. The number of nitrogens with one attached hydrogen (secondary N) is 2. The third-order valence-corrected chi connectivity index (χ3v) is 4.51. The van der Waals surface area contributed by atoms with Crippen LogP contribution in [0.1, 0.15) is 24.8 Å². The minimum atomic E-state index is -0.451. The minimum Gasteiger partial charge on any atom is -0.391 e. The van der Waals surface area contributed by atoms with Gasteiger partial charge in [-0.05, 0) is 38.4 Å². The molecule has 2 atom stereocenters. The van der Waals surface area contributed by atoms with Gasteiger partial charge in [0.1, 0.15) is 6.54 Å². The van der Waals surface area contributed by atoms with Gasteiger partial charge in [0.15, 0.2) is 10.6 Å². The van der Waals surface area contributed by atoms with Gasteiger partial charge >= 0.3 is 0 Å². The number of amides is 1. The molecule has 3 rings (SSSR count). The number of aliphatic hydroxyl groups is 1. The van der Waals surface area contributed by atoms with Crippen molar-refractivity contribution < 1.29 is 9.90 Å². The van der Waals surface area contributed by atoms with E-state index in [-0.39, 0.29) is 18.5 Å². The van der Waals surface area contributed by atoms with E-state index in [2.05, 4.69) is 15.5 Å². The number of hydrogen-bond donors (Lipinski definition) is 3. The lowest BCUT2D eigenvalue weighted by atomic mass is 10.1. The maximum absolute atomic E-state index is 12.3. The first-order valence-electron chi connectivity index (χ1n) is 7.74. The Bertz CT molecular complexity index is 750. The number of nitrogens with zero attached hydrogens (tertiary/aromatic N) is 2. The summed E-state index contributed by atoms with van der Waals surface area (Å²) in [5.41, 5.74) is 2.05. The van der Waals surface area contributed by atoms with E-state index in [9.17, 15) is 9.90 Å². The number of aromatic amines is 1. The molecule has 0 unspecified atom stereocenters. The van der Waals surface area contributed by atoms with Gasteiger partial charge in [0.05, 0.1) is 12.1 Å². The lowest BCUT2D eigenvalue weighted by Crippen LogP contribution is -2.41. The number of aryl methyl sites for hydroxylation is 1. The Balaban J connectivity index is 1.77. The molecule has 1 saturated carbocycles. The zero-order valence-electron chi connectivity index (χ0n) is 13.0. The van der Waals surface area contributed by atoms with Gasteiger partial charge in [0, 0.05) is 5.56 Å². The normalized spacial score (nSPS) is 20.6. The number of aliphatic hydroxyl groups excluding tert-OH is 1. The first kappa shape index (κ1) is 15.9. The number of rotatable bonds is 4. The molecule has 23 heavy (non-hydrogen) atoms. The van der Waals surface area contributed by atoms with Crippen LogP contribution >= 0.6 is 12.2 Å². The largest absolute Gasteiger partial charge is 0.391 e. The Labute approximate surface area is 139 Å². The Morgan fingerprint density at radius 1 is 1.43 bits per heavy atom. The molecule has 1 heterocycles. The number of H-pyrrole nitrogens is 1. The van der Waals surface area contributed by atoms with Crippen molar-refractivity contribution in [2.75, 3.05) is 0 Å². The molecule has 0 saturated heterocycles. The molecular weight excluding hydrogens is 312 g/mol. The molecule has 2 aromatic rings. The van der Waals surface area contributed by atoms with Crippen LogP contribution in [-0.4, -0.2) is 37.9 Å². The van der Waals surface area contributed by atoms with Gasteiger partial charge < -0.3 is 10.4 Å². The summed E-state index contributed by atoms with van der Waals surface area (Å²) in [6.45, 7) is 2.10. The van der Waals surface area contributed by atoms with E-state index in [1.807, 2.05) is 31.2 Å². The molecule has 1 aliphatic carbocycles. The Morgan fingerprint density at radius 3 is 2.83 bits per heavy atom. The van der Waals surface area contributed by atoms with E-state index in [4.69, 9.17) is 12.2 Å². The number of benzene rings is 1. The molecule has 0 bridgehead atoms. The van der Waals surface area contributed by atoms with Crippen LogP contribution in [0.4, 0.5) is 0 Å². The summed E-state index contributed by atoms with van der Waals surface area (Å²) < 4.78 is 2.08. The molecule has 6 nitrogen and oxygen atoms in total. The first-order valence-corrected chi connectivity index (χ1v) is 8.15. The number of aromatic nitrogens is 3. The van der Waals surface area contributed by atoms with Crippen LogP contribution in [0.5, 0.6) is 0 Å². The highest BCUT2D eigenvalue weighted by Crippen LogP contribution is 2.20. The summed E-state index contributed by atoms with van der Waals surface area (Å²) in [5, 5.41) is 19.7. The Kier molecular flexibility index (Phi) is 4.58. The molecule has 122 valence electrons. The van der Waals surface area contributed by atoms with Crippen molar-refractivity contribution in [2.45, 2.75) is 44.9 Å². The molecule has 1 aromatic carbocycles. The van der Waals surface area contributed by atoms with Crippen molar-refractivity contribution in [1.29, 1.82) is 0 Å². The maximum atomic E-state index is 12.3. The van der Waals surface area contributed by atoms with Crippen LogP contribution in [0.2, 0.25) is 0 Å². The molecule has 3 N–H and O–H groups in total. The topological polar surface area (TPSA) is 82.9 Å². The van der Waals surface area contributed by atoms with E-state index in [0.717, 1.165) is 30.4 Å². The maximum Gasteiger partial charge on any atom is 0.240 e. The van der Waals surface area contributed by atoms with Crippen molar-refractivity contribution >= 4 is 18.1 Å². The van der Waals surface area contributed by atoms with Crippen LogP contribution in [0.25, 0.3) is 11.4 Å². The van der Waals surface area contributed by atoms with Gasteiger partial charge in [-0.15, -0.1) is 0 Å². The van der Waals surface area contributed by atoms with E-state index in [1.54, 1.807) is 4.57 Å². The quantitative estimate of drug-likeness (QED) is 0.747. The average molecular weight is 332 g/mol. The lowest BCUT2D eigenvalue weighted by Gasteiger charge is -2.17. The number of hydrogen-bond acceptors (Lipinski definition) is 4. The van der Waals surface area contributed by atoms with Crippen LogP contribution in [0.15, 0.2) is 24.3 Å². The molecular formula is C16H20N4O2S. The van der Waals surface area contributed by atoms with E-state index < -0.39 is 6.10 Å². The molecule has 0 radical (unpaired) electrons. The molecule has 1 amide bonds. The van der Waals surface area contributed by atoms with Gasteiger partial charge in [-0.3, -0.25) is 14.5 Å². The van der Waals surface area contributed by atoms with Crippen molar-refractivity contribution in [3.8, 4) is 11.4 Å². The second kappa shape index (κ2) is 6.64. The van der Waals surface area contributed by atoms with Crippen molar-refractivity contribution in [3.05, 3.63) is 34.6 Å². The van der Waals surface area contributed by atoms with Gasteiger partial charge in [-0.1, -0.05) is 29.8 Å². The second-order valence-corrected chi connectivity index (χ2v) is 6.36. The van der Waals surface area contributed by atoms with Gasteiger partial charge in [-0.25, -0.2) is 0 Å². The van der Waals surface area contributed by atoms with E-state index >= 15 is 0 Å². The minimum absolute atomic E-state index is 0.0851. The van der Waals surface area contributed by atoms with E-state index in [0.29, 0.717) is 10.6 Å². The third-order valence-electron chi connectivity index (χ3n) is 4.20. The number of carbonyl (C=O) groups excluding carboxylic acids is 1. The lowest BCUT2D eigenvalue weighted by molar-refractivity contribution is -0.123. The average Bonchev–Trinajstić information content (AvgIpc) is 3.08. The zero-order valence-corrected chi connectivity index (χ0v) is 13.8. The van der Waals surface area contributed by atoms with E-state index in [1.165, 1.54) is 0 Å². The number of carbonyl (C=O) groups is 1. The first-order chi connectivity index (χ1) is 11.0.